The molecule has 1 aromatic carbocycles. The Morgan fingerprint density at radius 3 is 2.62 bits per heavy atom. The first-order valence-corrected chi connectivity index (χ1v) is 6.22. The third-order valence-corrected chi connectivity index (χ3v) is 2.75. The molecule has 0 aliphatic rings. The summed E-state index contributed by atoms with van der Waals surface area (Å²) in [5, 5.41) is 3.28. The molecule has 0 aliphatic carbocycles. The van der Waals surface area contributed by atoms with Gasteiger partial charge in [0, 0.05) is 6.54 Å². The summed E-state index contributed by atoms with van der Waals surface area (Å²) >= 11 is 3.50. The summed E-state index contributed by atoms with van der Waals surface area (Å²) in [4.78, 5) is 0. The van der Waals surface area contributed by atoms with E-state index in [1.165, 1.54) is 5.56 Å². The quantitative estimate of drug-likeness (QED) is 0.873. The molecule has 0 atom stereocenters. The molecule has 0 heterocycles. The first-order valence-electron chi connectivity index (χ1n) is 5.42. The molecule has 90 valence electrons. The van der Waals surface area contributed by atoms with Crippen molar-refractivity contribution < 1.29 is 9.47 Å². The number of halogens is 1. The maximum atomic E-state index is 5.53. The van der Waals surface area contributed by atoms with Gasteiger partial charge in [0.2, 0.25) is 0 Å². The molecule has 0 saturated carbocycles. The Kier molecular flexibility index (Phi) is 5.63. The number of nitrogens with one attached hydrogen (secondary N) is 1. The minimum absolute atomic E-state index is 0.627. The first-order chi connectivity index (χ1) is 7.72. The average Bonchev–Trinajstić information content (AvgIpc) is 2.29. The minimum Gasteiger partial charge on any atom is -0.493 e. The zero-order valence-corrected chi connectivity index (χ0v) is 11.6. The Balaban J connectivity index is 2.96. The molecule has 0 radical (unpaired) electrons. The van der Waals surface area contributed by atoms with E-state index >= 15 is 0 Å². The van der Waals surface area contributed by atoms with Crippen LogP contribution in [-0.4, -0.2) is 20.3 Å². The van der Waals surface area contributed by atoms with E-state index in [2.05, 4.69) is 34.2 Å². The summed E-state index contributed by atoms with van der Waals surface area (Å²) in [7, 11) is 1.65. The van der Waals surface area contributed by atoms with Gasteiger partial charge in [-0.1, -0.05) is 6.92 Å². The van der Waals surface area contributed by atoms with E-state index in [4.69, 9.17) is 9.47 Å². The molecule has 0 fully saturated rings. The Morgan fingerprint density at radius 1 is 1.31 bits per heavy atom. The summed E-state index contributed by atoms with van der Waals surface area (Å²) in [6.45, 7) is 6.45. The molecule has 0 amide bonds. The number of methoxy groups -OCH3 is 1. The van der Waals surface area contributed by atoms with Gasteiger partial charge in [-0.15, -0.1) is 0 Å². The number of benzene rings is 1. The molecule has 0 bridgehead atoms. The highest BCUT2D eigenvalue weighted by Crippen LogP contribution is 2.36. The van der Waals surface area contributed by atoms with Crippen LogP contribution in [0.5, 0.6) is 11.5 Å². The van der Waals surface area contributed by atoms with Crippen LogP contribution in [0.1, 0.15) is 19.4 Å². The Bertz CT molecular complexity index is 342. The standard InChI is InChI=1S/C12H18BrNO2/c1-4-14-8-9-6-10(13)12(16-5-2)11(7-9)15-3/h6-7,14H,4-5,8H2,1-3H3. The number of rotatable bonds is 6. The smallest absolute Gasteiger partial charge is 0.175 e. The predicted molar refractivity (Wildman–Crippen MR) is 69.2 cm³/mol. The van der Waals surface area contributed by atoms with Gasteiger partial charge >= 0.3 is 0 Å². The zero-order chi connectivity index (χ0) is 12.0. The Morgan fingerprint density at radius 2 is 2.06 bits per heavy atom. The summed E-state index contributed by atoms with van der Waals surface area (Å²) in [6, 6.07) is 4.05. The lowest BCUT2D eigenvalue weighted by Gasteiger charge is -2.13. The second-order valence-electron chi connectivity index (χ2n) is 3.32. The number of hydrogen-bond donors (Lipinski definition) is 1. The second-order valence-corrected chi connectivity index (χ2v) is 4.18. The van der Waals surface area contributed by atoms with Crippen molar-refractivity contribution in [3.05, 3.63) is 22.2 Å². The van der Waals surface area contributed by atoms with Crippen molar-refractivity contribution in [3.8, 4) is 11.5 Å². The van der Waals surface area contributed by atoms with Gasteiger partial charge in [0.25, 0.3) is 0 Å². The highest BCUT2D eigenvalue weighted by Gasteiger charge is 2.10. The zero-order valence-electron chi connectivity index (χ0n) is 9.97. The van der Waals surface area contributed by atoms with Crippen molar-refractivity contribution in [2.45, 2.75) is 20.4 Å². The largest absolute Gasteiger partial charge is 0.493 e. The fraction of sp³-hybridized carbons (Fsp3) is 0.500. The van der Waals surface area contributed by atoms with Gasteiger partial charge < -0.3 is 14.8 Å². The van der Waals surface area contributed by atoms with E-state index < -0.39 is 0 Å². The highest BCUT2D eigenvalue weighted by atomic mass is 79.9. The van der Waals surface area contributed by atoms with Gasteiger partial charge in [0.05, 0.1) is 18.2 Å². The van der Waals surface area contributed by atoms with E-state index in [0.717, 1.165) is 29.1 Å². The molecule has 0 aliphatic heterocycles. The van der Waals surface area contributed by atoms with Crippen LogP contribution in [0.3, 0.4) is 0 Å². The van der Waals surface area contributed by atoms with Crippen LogP contribution in [-0.2, 0) is 6.54 Å². The van der Waals surface area contributed by atoms with Crippen molar-refractivity contribution in [1.82, 2.24) is 5.32 Å². The Hall–Kier alpha value is -0.740. The maximum Gasteiger partial charge on any atom is 0.175 e. The van der Waals surface area contributed by atoms with Gasteiger partial charge in [-0.2, -0.15) is 0 Å². The van der Waals surface area contributed by atoms with E-state index in [-0.39, 0.29) is 0 Å². The van der Waals surface area contributed by atoms with Crippen LogP contribution in [0.25, 0.3) is 0 Å². The molecule has 1 aromatic rings. The first kappa shape index (κ1) is 13.3. The van der Waals surface area contributed by atoms with Gasteiger partial charge in [-0.05, 0) is 47.1 Å². The lowest BCUT2D eigenvalue weighted by molar-refractivity contribution is 0.308. The monoisotopic (exact) mass is 287 g/mol. The summed E-state index contributed by atoms with van der Waals surface area (Å²) in [6.07, 6.45) is 0. The van der Waals surface area contributed by atoms with Crippen LogP contribution < -0.4 is 14.8 Å². The molecule has 0 spiro atoms. The predicted octanol–water partition coefficient (Wildman–Crippen LogP) is 2.97. The van der Waals surface area contributed by atoms with Crippen molar-refractivity contribution in [1.29, 1.82) is 0 Å². The molecule has 4 heteroatoms. The molecule has 0 unspecified atom stereocenters. The normalized spacial score (nSPS) is 10.2. The lowest BCUT2D eigenvalue weighted by Crippen LogP contribution is -2.12. The fourth-order valence-corrected chi connectivity index (χ4v) is 2.03. The molecule has 16 heavy (non-hydrogen) atoms. The number of ether oxygens (including phenoxy) is 2. The maximum absolute atomic E-state index is 5.53. The van der Waals surface area contributed by atoms with Crippen molar-refractivity contribution in [3.63, 3.8) is 0 Å². The van der Waals surface area contributed by atoms with Gasteiger partial charge in [0.1, 0.15) is 0 Å². The van der Waals surface area contributed by atoms with E-state index in [1.54, 1.807) is 7.11 Å². The Labute approximate surface area is 105 Å². The highest BCUT2D eigenvalue weighted by molar-refractivity contribution is 9.10. The molecule has 1 rings (SSSR count). The van der Waals surface area contributed by atoms with Gasteiger partial charge in [0.15, 0.2) is 11.5 Å². The van der Waals surface area contributed by atoms with Crippen LogP contribution in [0.2, 0.25) is 0 Å². The van der Waals surface area contributed by atoms with Crippen molar-refractivity contribution in [2.24, 2.45) is 0 Å². The molecule has 0 saturated heterocycles. The molecule has 0 aromatic heterocycles. The molecular formula is C12H18BrNO2. The summed E-state index contributed by atoms with van der Waals surface area (Å²) in [5.74, 6) is 1.54. The summed E-state index contributed by atoms with van der Waals surface area (Å²) < 4.78 is 11.8. The summed E-state index contributed by atoms with van der Waals surface area (Å²) in [5.41, 5.74) is 1.18. The van der Waals surface area contributed by atoms with E-state index in [9.17, 15) is 0 Å². The average molecular weight is 288 g/mol. The van der Waals surface area contributed by atoms with Gasteiger partial charge in [-0.3, -0.25) is 0 Å². The molecule has 1 N–H and O–H groups in total. The van der Waals surface area contributed by atoms with Crippen LogP contribution in [0.4, 0.5) is 0 Å². The number of hydrogen-bond acceptors (Lipinski definition) is 3. The minimum atomic E-state index is 0.627. The third-order valence-electron chi connectivity index (χ3n) is 2.16. The lowest BCUT2D eigenvalue weighted by atomic mass is 10.2. The van der Waals surface area contributed by atoms with E-state index in [1.807, 2.05) is 13.0 Å². The van der Waals surface area contributed by atoms with Crippen LogP contribution in [0, 0.1) is 0 Å². The van der Waals surface area contributed by atoms with Crippen LogP contribution in [0.15, 0.2) is 16.6 Å². The van der Waals surface area contributed by atoms with E-state index in [0.29, 0.717) is 6.61 Å². The third kappa shape index (κ3) is 3.39. The SMILES string of the molecule is CCNCc1cc(Br)c(OCC)c(OC)c1. The van der Waals surface area contributed by atoms with Crippen LogP contribution >= 0.6 is 15.9 Å². The van der Waals surface area contributed by atoms with Gasteiger partial charge in [-0.25, -0.2) is 0 Å². The fourth-order valence-electron chi connectivity index (χ4n) is 1.43. The van der Waals surface area contributed by atoms with Crippen molar-refractivity contribution in [2.75, 3.05) is 20.3 Å². The van der Waals surface area contributed by atoms with Crippen molar-refractivity contribution >= 4 is 15.9 Å². The molecule has 3 nitrogen and oxygen atoms in total. The topological polar surface area (TPSA) is 30.5 Å². The molecular weight excluding hydrogens is 270 g/mol. The second kappa shape index (κ2) is 6.76.